The van der Waals surface area contributed by atoms with Crippen LogP contribution in [0.25, 0.3) is 0 Å². The van der Waals surface area contributed by atoms with Crippen molar-refractivity contribution in [1.29, 1.82) is 5.26 Å². The maximum atomic E-state index is 8.91. The Kier molecular flexibility index (Phi) is 6.54. The summed E-state index contributed by atoms with van der Waals surface area (Å²) < 4.78 is 0. The van der Waals surface area contributed by atoms with Gasteiger partial charge in [0, 0.05) is 36.7 Å². The van der Waals surface area contributed by atoms with Crippen LogP contribution in [0.4, 0.5) is 5.69 Å². The molecular weight excluding hydrogens is 334 g/mol. The van der Waals surface area contributed by atoms with Crippen LogP contribution in [-0.4, -0.2) is 17.4 Å². The molecular formula is C22H21N5. The summed E-state index contributed by atoms with van der Waals surface area (Å²) in [5.74, 6) is 0.548. The first kappa shape index (κ1) is 18.2. The lowest BCUT2D eigenvalue weighted by Crippen LogP contribution is -2.20. The van der Waals surface area contributed by atoms with Crippen molar-refractivity contribution in [1.82, 2.24) is 10.3 Å². The van der Waals surface area contributed by atoms with Gasteiger partial charge in [-0.25, -0.2) is 0 Å². The van der Waals surface area contributed by atoms with Crippen molar-refractivity contribution in [2.45, 2.75) is 13.0 Å². The maximum absolute atomic E-state index is 8.91. The summed E-state index contributed by atoms with van der Waals surface area (Å²) in [5.41, 5.74) is 4.35. The van der Waals surface area contributed by atoms with Gasteiger partial charge in [0.15, 0.2) is 6.19 Å². The minimum atomic E-state index is 0.548. The van der Waals surface area contributed by atoms with E-state index in [9.17, 15) is 0 Å². The molecule has 2 aromatic carbocycles. The van der Waals surface area contributed by atoms with Crippen LogP contribution in [0, 0.1) is 11.5 Å². The van der Waals surface area contributed by atoms with Gasteiger partial charge in [-0.3, -0.25) is 15.3 Å². The van der Waals surface area contributed by atoms with Crippen LogP contribution in [0.3, 0.4) is 0 Å². The zero-order valence-electron chi connectivity index (χ0n) is 15.0. The number of hydrogen-bond donors (Lipinski definition) is 2. The third kappa shape index (κ3) is 5.68. The lowest BCUT2D eigenvalue weighted by Gasteiger charge is -2.08. The molecule has 3 aromatic rings. The van der Waals surface area contributed by atoms with Gasteiger partial charge in [0.2, 0.25) is 0 Å². The summed E-state index contributed by atoms with van der Waals surface area (Å²) in [7, 11) is 0. The van der Waals surface area contributed by atoms with Gasteiger partial charge in [-0.1, -0.05) is 42.5 Å². The van der Waals surface area contributed by atoms with Crippen LogP contribution in [0.2, 0.25) is 0 Å². The number of pyridine rings is 1. The standard InChI is InChI=1S/C22H21N5/c23-17-27-22(20-7-4-13-24-16-20)25-14-12-18-8-10-21(11-9-18)26-15-19-5-2-1-3-6-19/h1-11,13,16,26H,12,14-15H2,(H,25,27). The van der Waals surface area contributed by atoms with E-state index >= 15 is 0 Å². The molecule has 0 radical (unpaired) electrons. The molecule has 5 nitrogen and oxygen atoms in total. The quantitative estimate of drug-likeness (QED) is 0.293. The van der Waals surface area contributed by atoms with Crippen LogP contribution in [0.1, 0.15) is 16.7 Å². The molecule has 27 heavy (non-hydrogen) atoms. The second-order valence-corrected chi connectivity index (χ2v) is 5.99. The molecule has 1 heterocycles. The Bertz CT molecular complexity index is 897. The number of anilines is 1. The minimum absolute atomic E-state index is 0.548. The van der Waals surface area contributed by atoms with Gasteiger partial charge in [-0.2, -0.15) is 5.26 Å². The fourth-order valence-corrected chi connectivity index (χ4v) is 2.64. The molecule has 0 amide bonds. The predicted molar refractivity (Wildman–Crippen MR) is 108 cm³/mol. The Hall–Kier alpha value is -3.65. The third-order valence-corrected chi connectivity index (χ3v) is 4.07. The molecule has 2 N–H and O–H groups in total. The molecule has 0 saturated carbocycles. The number of nitriles is 1. The first-order chi connectivity index (χ1) is 13.3. The maximum Gasteiger partial charge on any atom is 0.182 e. The van der Waals surface area contributed by atoms with Crippen molar-refractivity contribution < 1.29 is 0 Å². The van der Waals surface area contributed by atoms with Gasteiger partial charge < -0.3 is 5.32 Å². The van der Waals surface area contributed by atoms with Crippen LogP contribution in [0.15, 0.2) is 84.1 Å². The van der Waals surface area contributed by atoms with E-state index < -0.39 is 0 Å². The molecule has 0 aliphatic heterocycles. The normalized spacial score (nSPS) is 10.9. The molecule has 0 unspecified atom stereocenters. The number of benzene rings is 2. The molecule has 0 bridgehead atoms. The summed E-state index contributed by atoms with van der Waals surface area (Å²) in [6.45, 7) is 1.40. The largest absolute Gasteiger partial charge is 0.381 e. The summed E-state index contributed by atoms with van der Waals surface area (Å²) in [6.07, 6.45) is 6.12. The molecule has 0 aliphatic rings. The van der Waals surface area contributed by atoms with Gasteiger partial charge in [-0.05, 0) is 41.8 Å². The molecule has 1 aromatic heterocycles. The van der Waals surface area contributed by atoms with Crippen molar-refractivity contribution in [3.8, 4) is 6.19 Å². The summed E-state index contributed by atoms with van der Waals surface area (Å²) in [5, 5.41) is 15.0. The first-order valence-electron chi connectivity index (χ1n) is 8.82. The minimum Gasteiger partial charge on any atom is -0.381 e. The predicted octanol–water partition coefficient (Wildman–Crippen LogP) is 3.75. The van der Waals surface area contributed by atoms with Crippen LogP contribution in [0.5, 0.6) is 0 Å². The Morgan fingerprint density at radius 3 is 2.48 bits per heavy atom. The van der Waals surface area contributed by atoms with E-state index in [2.05, 4.69) is 57.0 Å². The van der Waals surface area contributed by atoms with Gasteiger partial charge in [0.1, 0.15) is 5.84 Å². The molecule has 0 aliphatic carbocycles. The van der Waals surface area contributed by atoms with Crippen LogP contribution in [-0.2, 0) is 13.0 Å². The van der Waals surface area contributed by atoms with Crippen molar-refractivity contribution >= 4 is 11.5 Å². The lowest BCUT2D eigenvalue weighted by atomic mass is 10.1. The number of aromatic nitrogens is 1. The number of amidine groups is 1. The third-order valence-electron chi connectivity index (χ3n) is 4.07. The zero-order valence-corrected chi connectivity index (χ0v) is 15.0. The molecule has 5 heteroatoms. The molecule has 3 rings (SSSR count). The van der Waals surface area contributed by atoms with Crippen molar-refractivity contribution in [2.75, 3.05) is 11.9 Å². The summed E-state index contributed by atoms with van der Waals surface area (Å²) in [6, 6.07) is 22.4. The molecule has 0 saturated heterocycles. The monoisotopic (exact) mass is 355 g/mol. The SMILES string of the molecule is N#CNC(=NCCc1ccc(NCc2ccccc2)cc1)c1cccnc1. The lowest BCUT2D eigenvalue weighted by molar-refractivity contribution is 0.957. The van der Waals surface area contributed by atoms with E-state index in [0.717, 1.165) is 24.2 Å². The molecule has 0 atom stereocenters. The topological polar surface area (TPSA) is 73.1 Å². The zero-order chi connectivity index (χ0) is 18.7. The average Bonchev–Trinajstić information content (AvgIpc) is 2.74. The Labute approximate surface area is 159 Å². The summed E-state index contributed by atoms with van der Waals surface area (Å²) in [4.78, 5) is 8.57. The average molecular weight is 355 g/mol. The van der Waals surface area contributed by atoms with Gasteiger partial charge in [-0.15, -0.1) is 0 Å². The smallest absolute Gasteiger partial charge is 0.182 e. The fraction of sp³-hybridized carbons (Fsp3) is 0.136. The van der Waals surface area contributed by atoms with Gasteiger partial charge in [0.25, 0.3) is 0 Å². The van der Waals surface area contributed by atoms with E-state index in [1.807, 2.05) is 36.5 Å². The molecule has 0 spiro atoms. The fourth-order valence-electron chi connectivity index (χ4n) is 2.64. The first-order valence-corrected chi connectivity index (χ1v) is 8.82. The Morgan fingerprint density at radius 1 is 0.963 bits per heavy atom. The second kappa shape index (κ2) is 9.73. The van der Waals surface area contributed by atoms with Crippen molar-refractivity contribution in [2.24, 2.45) is 4.99 Å². The Morgan fingerprint density at radius 2 is 1.78 bits per heavy atom. The molecule has 134 valence electrons. The van der Waals surface area contributed by atoms with Crippen molar-refractivity contribution in [3.05, 3.63) is 95.8 Å². The van der Waals surface area contributed by atoms with E-state index in [1.54, 1.807) is 12.4 Å². The van der Waals surface area contributed by atoms with Gasteiger partial charge >= 0.3 is 0 Å². The number of nitrogens with one attached hydrogen (secondary N) is 2. The van der Waals surface area contributed by atoms with E-state index in [0.29, 0.717) is 12.4 Å². The highest BCUT2D eigenvalue weighted by Gasteiger charge is 2.02. The number of rotatable bonds is 7. The number of nitrogens with zero attached hydrogens (tertiary/aromatic N) is 3. The van der Waals surface area contributed by atoms with Crippen molar-refractivity contribution in [3.63, 3.8) is 0 Å². The Balaban J connectivity index is 1.54. The highest BCUT2D eigenvalue weighted by Crippen LogP contribution is 2.12. The van der Waals surface area contributed by atoms with E-state index in [4.69, 9.17) is 5.26 Å². The number of hydrogen-bond acceptors (Lipinski definition) is 4. The van der Waals surface area contributed by atoms with Crippen LogP contribution < -0.4 is 10.6 Å². The summed E-state index contributed by atoms with van der Waals surface area (Å²) >= 11 is 0. The van der Waals surface area contributed by atoms with E-state index in [-0.39, 0.29) is 0 Å². The van der Waals surface area contributed by atoms with E-state index in [1.165, 1.54) is 11.1 Å². The van der Waals surface area contributed by atoms with Crippen LogP contribution >= 0.6 is 0 Å². The van der Waals surface area contributed by atoms with Gasteiger partial charge in [0.05, 0.1) is 0 Å². The highest BCUT2D eigenvalue weighted by atomic mass is 15.0. The highest BCUT2D eigenvalue weighted by molar-refractivity contribution is 5.99. The second-order valence-electron chi connectivity index (χ2n) is 5.99. The number of aliphatic imine (C=N–C) groups is 1. The molecule has 0 fully saturated rings.